The Morgan fingerprint density at radius 3 is 2.03 bits per heavy atom. The summed E-state index contributed by atoms with van der Waals surface area (Å²) in [5.74, 6) is -2.41. The third kappa shape index (κ3) is 4.04. The highest BCUT2D eigenvalue weighted by Crippen LogP contribution is 2.38. The van der Waals surface area contributed by atoms with E-state index in [1.54, 1.807) is 0 Å². The van der Waals surface area contributed by atoms with Gasteiger partial charge in [0.25, 0.3) is 0 Å². The molecule has 0 spiro atoms. The van der Waals surface area contributed by atoms with Crippen LogP contribution in [-0.2, 0) is 20.0 Å². The van der Waals surface area contributed by atoms with Crippen molar-refractivity contribution in [3.8, 4) is 0 Å². The van der Waals surface area contributed by atoms with Crippen LogP contribution < -0.4 is 5.73 Å². The Balaban J connectivity index is 1.82. The monoisotopic (exact) mass is 433 g/mol. The molecule has 2 aliphatic rings. The summed E-state index contributed by atoms with van der Waals surface area (Å²) >= 11 is 0. The summed E-state index contributed by atoms with van der Waals surface area (Å²) in [6, 6.07) is 5.64. The first kappa shape index (κ1) is 23.2. The maximum absolute atomic E-state index is 10.9. The zero-order valence-corrected chi connectivity index (χ0v) is 15.8. The number of nitrogens with two attached hydrogens (primary N) is 1. The fraction of sp³-hybridized carbons (Fsp3) is 0.667. The van der Waals surface area contributed by atoms with Gasteiger partial charge in [0.1, 0.15) is 48.8 Å². The Labute approximate surface area is 171 Å². The van der Waals surface area contributed by atoms with Gasteiger partial charge in [-0.3, -0.25) is 0 Å². The van der Waals surface area contributed by atoms with Gasteiger partial charge in [-0.1, -0.05) is 12.1 Å². The third-order valence-corrected chi connectivity index (χ3v) is 5.40. The summed E-state index contributed by atoms with van der Waals surface area (Å²) in [5.41, 5.74) is 6.06. The van der Waals surface area contributed by atoms with Crippen LogP contribution in [0.25, 0.3) is 0 Å². The summed E-state index contributed by atoms with van der Waals surface area (Å²) in [4.78, 5) is 0. The van der Waals surface area contributed by atoms with Gasteiger partial charge in [0.2, 0.25) is 5.79 Å². The van der Waals surface area contributed by atoms with E-state index in [1.165, 1.54) is 24.3 Å². The van der Waals surface area contributed by atoms with Gasteiger partial charge in [-0.15, -0.1) is 0 Å². The van der Waals surface area contributed by atoms with Crippen molar-refractivity contribution in [1.29, 1.82) is 0 Å². The van der Waals surface area contributed by atoms with Gasteiger partial charge in [-0.05, 0) is 12.1 Å². The maximum Gasteiger partial charge on any atom is 0.222 e. The molecule has 12 heteroatoms. The highest BCUT2D eigenvalue weighted by atomic mass is 16.7. The first-order valence-corrected chi connectivity index (χ1v) is 9.33. The second kappa shape index (κ2) is 8.98. The Hall–Kier alpha value is -1.42. The molecule has 170 valence electrons. The van der Waals surface area contributed by atoms with Crippen molar-refractivity contribution in [3.05, 3.63) is 29.8 Å². The largest absolute Gasteiger partial charge is 0.399 e. The van der Waals surface area contributed by atoms with Gasteiger partial charge in [0.15, 0.2) is 6.29 Å². The number of benzene rings is 1. The van der Waals surface area contributed by atoms with Crippen molar-refractivity contribution in [2.24, 2.45) is 0 Å². The summed E-state index contributed by atoms with van der Waals surface area (Å²) in [5, 5.41) is 80.8. The van der Waals surface area contributed by atoms with Crippen molar-refractivity contribution in [3.63, 3.8) is 0 Å². The van der Waals surface area contributed by atoms with Crippen LogP contribution in [0.5, 0.6) is 0 Å². The highest BCUT2D eigenvalue weighted by molar-refractivity contribution is 5.41. The lowest BCUT2D eigenvalue weighted by Crippen LogP contribution is -2.67. The molecule has 0 radical (unpaired) electrons. The fourth-order valence-corrected chi connectivity index (χ4v) is 3.60. The Morgan fingerprint density at radius 2 is 1.47 bits per heavy atom. The van der Waals surface area contributed by atoms with Gasteiger partial charge in [0.05, 0.1) is 13.2 Å². The summed E-state index contributed by atoms with van der Waals surface area (Å²) in [6.07, 6.45) is -14.7. The van der Waals surface area contributed by atoms with Gasteiger partial charge in [0, 0.05) is 11.3 Å². The first-order chi connectivity index (χ1) is 14.1. The van der Waals surface area contributed by atoms with Crippen LogP contribution in [0.2, 0.25) is 0 Å². The van der Waals surface area contributed by atoms with E-state index in [0.29, 0.717) is 5.69 Å². The molecule has 12 nitrogen and oxygen atoms in total. The van der Waals surface area contributed by atoms with Gasteiger partial charge in [-0.25, -0.2) is 0 Å². The Kier molecular flexibility index (Phi) is 6.96. The number of aliphatic hydroxyl groups is 8. The predicted molar refractivity (Wildman–Crippen MR) is 97.4 cm³/mol. The van der Waals surface area contributed by atoms with Crippen LogP contribution in [-0.4, -0.2) is 109 Å². The van der Waals surface area contributed by atoms with E-state index in [1.807, 2.05) is 0 Å². The fourth-order valence-electron chi connectivity index (χ4n) is 3.60. The van der Waals surface area contributed by atoms with Crippen LogP contribution in [0.3, 0.4) is 0 Å². The lowest BCUT2D eigenvalue weighted by Gasteiger charge is -2.49. The number of aliphatic hydroxyl groups excluding tert-OH is 7. The molecule has 2 saturated heterocycles. The van der Waals surface area contributed by atoms with Crippen molar-refractivity contribution in [2.75, 3.05) is 18.9 Å². The molecule has 2 heterocycles. The summed E-state index contributed by atoms with van der Waals surface area (Å²) in [6.45, 7) is -1.46. The number of anilines is 1. The quantitative estimate of drug-likeness (QED) is 0.202. The SMILES string of the molecule is Nc1ccc(C2(O)O[C@H](CO)[C@@H](O[C@@H]3O[C@H](CO)[C@H](O)[C@H](O)[C@H]3O)[C@H](O)[C@H]2O)cc1. The summed E-state index contributed by atoms with van der Waals surface area (Å²) in [7, 11) is 0. The molecular formula is C18H27NO11. The number of rotatable bonds is 5. The van der Waals surface area contributed by atoms with Crippen molar-refractivity contribution in [2.45, 2.75) is 60.9 Å². The zero-order chi connectivity index (χ0) is 22.2. The predicted octanol–water partition coefficient (Wildman–Crippen LogP) is -4.29. The van der Waals surface area contributed by atoms with Crippen molar-refractivity contribution >= 4 is 5.69 Å². The molecule has 0 bridgehead atoms. The normalized spacial score (nSPS) is 44.7. The van der Waals surface area contributed by atoms with Gasteiger partial charge in [-0.2, -0.15) is 0 Å². The van der Waals surface area contributed by atoms with E-state index in [2.05, 4.69) is 0 Å². The van der Waals surface area contributed by atoms with E-state index in [-0.39, 0.29) is 5.56 Å². The summed E-state index contributed by atoms with van der Waals surface area (Å²) < 4.78 is 16.1. The Bertz CT molecular complexity index is 702. The lowest BCUT2D eigenvalue weighted by atomic mass is 9.88. The highest BCUT2D eigenvalue weighted by Gasteiger charge is 2.56. The van der Waals surface area contributed by atoms with E-state index < -0.39 is 74.1 Å². The molecule has 10 atom stereocenters. The van der Waals surface area contributed by atoms with Crippen LogP contribution in [0, 0.1) is 0 Å². The molecule has 1 aromatic carbocycles. The van der Waals surface area contributed by atoms with Crippen molar-refractivity contribution in [1.82, 2.24) is 0 Å². The standard InChI is InChI=1S/C18H27NO11/c19-8-3-1-7(2-4-8)18(27)16(26)14(25)15(10(6-21)30-18)29-17-13(24)12(23)11(22)9(5-20)28-17/h1-4,9-17,20-27H,5-6,19H2/t9-,10-,11+,12+,13-,14+,15-,16-,17+,18?/m1/s1. The third-order valence-electron chi connectivity index (χ3n) is 5.40. The molecule has 30 heavy (non-hydrogen) atoms. The number of nitrogen functional groups attached to an aromatic ring is 1. The lowest BCUT2D eigenvalue weighted by molar-refractivity contribution is -0.389. The minimum absolute atomic E-state index is 0.0630. The molecule has 2 fully saturated rings. The zero-order valence-electron chi connectivity index (χ0n) is 15.8. The molecule has 0 aromatic heterocycles. The maximum atomic E-state index is 10.9. The Morgan fingerprint density at radius 1 is 0.867 bits per heavy atom. The molecule has 3 rings (SSSR count). The second-order valence-electron chi connectivity index (χ2n) is 7.39. The van der Waals surface area contributed by atoms with E-state index >= 15 is 0 Å². The van der Waals surface area contributed by atoms with Gasteiger partial charge < -0.3 is 60.8 Å². The molecular weight excluding hydrogens is 406 g/mol. The van der Waals surface area contributed by atoms with Crippen LogP contribution in [0.15, 0.2) is 24.3 Å². The second-order valence-corrected chi connectivity index (χ2v) is 7.39. The average Bonchev–Trinajstić information content (AvgIpc) is 2.74. The number of hydrogen-bond donors (Lipinski definition) is 9. The molecule has 10 N–H and O–H groups in total. The minimum Gasteiger partial charge on any atom is -0.399 e. The van der Waals surface area contributed by atoms with E-state index in [0.717, 1.165) is 0 Å². The minimum atomic E-state index is -2.41. The smallest absolute Gasteiger partial charge is 0.222 e. The van der Waals surface area contributed by atoms with Crippen LogP contribution in [0.4, 0.5) is 5.69 Å². The first-order valence-electron chi connectivity index (χ1n) is 9.33. The molecule has 0 aliphatic carbocycles. The van der Waals surface area contributed by atoms with Crippen LogP contribution >= 0.6 is 0 Å². The molecule has 2 aliphatic heterocycles. The molecule has 1 unspecified atom stereocenters. The van der Waals surface area contributed by atoms with Crippen molar-refractivity contribution < 1.29 is 55.1 Å². The molecule has 0 saturated carbocycles. The van der Waals surface area contributed by atoms with Crippen LogP contribution in [0.1, 0.15) is 5.56 Å². The van der Waals surface area contributed by atoms with Gasteiger partial charge >= 0.3 is 0 Å². The van der Waals surface area contributed by atoms with E-state index in [4.69, 9.17) is 19.9 Å². The average molecular weight is 433 g/mol. The number of ether oxygens (including phenoxy) is 3. The number of hydrogen-bond acceptors (Lipinski definition) is 12. The molecule has 1 aromatic rings. The van der Waals surface area contributed by atoms with E-state index in [9.17, 15) is 40.9 Å². The topological polar surface area (TPSA) is 216 Å². The molecule has 0 amide bonds.